The molecule has 1 fully saturated rings. The van der Waals surface area contributed by atoms with Crippen LogP contribution in [0.25, 0.3) is 0 Å². The number of nitrogens with zero attached hydrogens (tertiary/aromatic N) is 1. The lowest BCUT2D eigenvalue weighted by Gasteiger charge is -2.26. The number of benzene rings is 1. The van der Waals surface area contributed by atoms with Crippen molar-refractivity contribution < 1.29 is 9.66 Å². The quantitative estimate of drug-likeness (QED) is 0.515. The third-order valence-electron chi connectivity index (χ3n) is 2.17. The van der Waals surface area contributed by atoms with Gasteiger partial charge in [-0.05, 0) is 17.7 Å². The van der Waals surface area contributed by atoms with Gasteiger partial charge < -0.3 is 4.74 Å². The predicted molar refractivity (Wildman–Crippen MR) is 46.4 cm³/mol. The van der Waals surface area contributed by atoms with E-state index in [1.807, 2.05) is 0 Å². The molecule has 1 atom stereocenters. The Bertz CT molecular complexity index is 316. The number of ether oxygens (including phenoxy) is 1. The molecule has 0 bridgehead atoms. The summed E-state index contributed by atoms with van der Waals surface area (Å²) in [7, 11) is 0. The highest BCUT2D eigenvalue weighted by Crippen LogP contribution is 2.29. The highest BCUT2D eigenvalue weighted by atomic mass is 16.6. The van der Waals surface area contributed by atoms with Gasteiger partial charge in [-0.15, -0.1) is 0 Å². The maximum atomic E-state index is 10.3. The lowest BCUT2D eigenvalue weighted by molar-refractivity contribution is -0.384. The summed E-state index contributed by atoms with van der Waals surface area (Å²) in [4.78, 5) is 9.94. The Morgan fingerprint density at radius 2 is 2.00 bits per heavy atom. The monoisotopic (exact) mass is 179 g/mol. The Hall–Kier alpha value is -1.42. The fourth-order valence-electron chi connectivity index (χ4n) is 1.31. The Labute approximate surface area is 75.3 Å². The SMILES string of the molecule is O=[N+]([O-])c1ccc([C@H]2CCO2)cc1. The Balaban J connectivity index is 2.17. The van der Waals surface area contributed by atoms with E-state index in [1.165, 1.54) is 12.1 Å². The molecule has 0 aliphatic carbocycles. The molecule has 1 aliphatic rings. The first-order chi connectivity index (χ1) is 6.27. The highest BCUT2D eigenvalue weighted by molar-refractivity contribution is 5.34. The molecular weight excluding hydrogens is 170 g/mol. The van der Waals surface area contributed by atoms with E-state index in [0.717, 1.165) is 18.6 Å². The second-order valence-electron chi connectivity index (χ2n) is 3.00. The summed E-state index contributed by atoms with van der Waals surface area (Å²) >= 11 is 0. The van der Waals surface area contributed by atoms with Crippen LogP contribution in [0.3, 0.4) is 0 Å². The van der Waals surface area contributed by atoms with Crippen molar-refractivity contribution in [3.63, 3.8) is 0 Å². The minimum atomic E-state index is -0.397. The molecule has 0 N–H and O–H groups in total. The standard InChI is InChI=1S/C9H9NO3/c11-10(12)8-3-1-7(2-4-8)9-5-6-13-9/h1-4,9H,5-6H2/t9-/m1/s1. The van der Waals surface area contributed by atoms with Gasteiger partial charge in [0.2, 0.25) is 0 Å². The zero-order chi connectivity index (χ0) is 9.26. The van der Waals surface area contributed by atoms with Crippen molar-refractivity contribution in [3.8, 4) is 0 Å². The van der Waals surface area contributed by atoms with Crippen LogP contribution >= 0.6 is 0 Å². The highest BCUT2D eigenvalue weighted by Gasteiger charge is 2.20. The van der Waals surface area contributed by atoms with Crippen LogP contribution < -0.4 is 0 Å². The summed E-state index contributed by atoms with van der Waals surface area (Å²) in [5.74, 6) is 0. The lowest BCUT2D eigenvalue weighted by Crippen LogP contribution is -2.17. The molecular formula is C9H9NO3. The van der Waals surface area contributed by atoms with Gasteiger partial charge in [-0.2, -0.15) is 0 Å². The van der Waals surface area contributed by atoms with Crippen LogP contribution in [0.4, 0.5) is 5.69 Å². The second kappa shape index (κ2) is 3.14. The third-order valence-corrected chi connectivity index (χ3v) is 2.17. The third kappa shape index (κ3) is 1.53. The molecule has 4 heteroatoms. The molecule has 1 aliphatic heterocycles. The van der Waals surface area contributed by atoms with Gasteiger partial charge in [0.15, 0.2) is 0 Å². The molecule has 1 heterocycles. The minimum Gasteiger partial charge on any atom is -0.373 e. The molecule has 0 saturated carbocycles. The fourth-order valence-corrected chi connectivity index (χ4v) is 1.31. The first kappa shape index (κ1) is 8.19. The van der Waals surface area contributed by atoms with Gasteiger partial charge in [0.25, 0.3) is 5.69 Å². The van der Waals surface area contributed by atoms with E-state index in [9.17, 15) is 10.1 Å². The Kier molecular flexibility index (Phi) is 1.98. The molecule has 1 saturated heterocycles. The molecule has 1 aromatic rings. The minimum absolute atomic E-state index is 0.128. The van der Waals surface area contributed by atoms with E-state index in [1.54, 1.807) is 12.1 Å². The van der Waals surface area contributed by atoms with E-state index in [-0.39, 0.29) is 11.8 Å². The molecule has 0 unspecified atom stereocenters. The number of rotatable bonds is 2. The lowest BCUT2D eigenvalue weighted by atomic mass is 10.0. The topological polar surface area (TPSA) is 52.4 Å². The largest absolute Gasteiger partial charge is 0.373 e. The summed E-state index contributed by atoms with van der Waals surface area (Å²) in [6, 6.07) is 6.53. The van der Waals surface area contributed by atoms with Gasteiger partial charge in [-0.3, -0.25) is 10.1 Å². The molecule has 13 heavy (non-hydrogen) atoms. The summed E-state index contributed by atoms with van der Waals surface area (Å²) in [5.41, 5.74) is 1.15. The van der Waals surface area contributed by atoms with Crippen LogP contribution in [0.1, 0.15) is 18.1 Å². The van der Waals surface area contributed by atoms with Crippen LogP contribution in [0.15, 0.2) is 24.3 Å². The van der Waals surface area contributed by atoms with E-state index >= 15 is 0 Å². The van der Waals surface area contributed by atoms with Crippen LogP contribution in [0.2, 0.25) is 0 Å². The van der Waals surface area contributed by atoms with Crippen molar-refractivity contribution in [1.29, 1.82) is 0 Å². The van der Waals surface area contributed by atoms with Crippen LogP contribution in [0, 0.1) is 10.1 Å². The predicted octanol–water partition coefficient (Wildman–Crippen LogP) is 2.06. The average molecular weight is 179 g/mol. The van der Waals surface area contributed by atoms with E-state index in [2.05, 4.69) is 0 Å². The maximum Gasteiger partial charge on any atom is 0.269 e. The fraction of sp³-hybridized carbons (Fsp3) is 0.333. The van der Waals surface area contributed by atoms with Gasteiger partial charge in [-0.1, -0.05) is 0 Å². The van der Waals surface area contributed by atoms with Crippen molar-refractivity contribution >= 4 is 5.69 Å². The van der Waals surface area contributed by atoms with E-state index < -0.39 is 4.92 Å². The van der Waals surface area contributed by atoms with Gasteiger partial charge in [0.05, 0.1) is 17.6 Å². The molecule has 0 spiro atoms. The number of nitro groups is 1. The average Bonchev–Trinajstić information content (AvgIpc) is 2.02. The molecule has 0 radical (unpaired) electrons. The molecule has 2 rings (SSSR count). The van der Waals surface area contributed by atoms with E-state index in [4.69, 9.17) is 4.74 Å². The summed E-state index contributed by atoms with van der Waals surface area (Å²) in [6.07, 6.45) is 1.17. The van der Waals surface area contributed by atoms with Crippen molar-refractivity contribution in [1.82, 2.24) is 0 Å². The smallest absolute Gasteiger partial charge is 0.269 e. The Morgan fingerprint density at radius 3 is 2.38 bits per heavy atom. The van der Waals surface area contributed by atoms with Crippen molar-refractivity contribution in [3.05, 3.63) is 39.9 Å². The van der Waals surface area contributed by atoms with Gasteiger partial charge in [0, 0.05) is 18.6 Å². The van der Waals surface area contributed by atoms with Gasteiger partial charge >= 0.3 is 0 Å². The van der Waals surface area contributed by atoms with Gasteiger partial charge in [-0.25, -0.2) is 0 Å². The number of hydrogen-bond acceptors (Lipinski definition) is 3. The van der Waals surface area contributed by atoms with Crippen LogP contribution in [-0.2, 0) is 4.74 Å². The van der Waals surface area contributed by atoms with Crippen molar-refractivity contribution in [2.75, 3.05) is 6.61 Å². The van der Waals surface area contributed by atoms with E-state index in [0.29, 0.717) is 0 Å². The first-order valence-electron chi connectivity index (χ1n) is 4.13. The summed E-state index contributed by atoms with van der Waals surface area (Å²) < 4.78 is 5.25. The Morgan fingerprint density at radius 1 is 1.38 bits per heavy atom. The summed E-state index contributed by atoms with van der Waals surface area (Å²) in [5, 5.41) is 10.3. The molecule has 68 valence electrons. The number of nitro benzene ring substituents is 1. The molecule has 0 aromatic heterocycles. The normalized spacial score (nSPS) is 20.8. The summed E-state index contributed by atoms with van der Waals surface area (Å²) in [6.45, 7) is 0.793. The van der Waals surface area contributed by atoms with Crippen molar-refractivity contribution in [2.24, 2.45) is 0 Å². The first-order valence-corrected chi connectivity index (χ1v) is 4.13. The number of hydrogen-bond donors (Lipinski definition) is 0. The zero-order valence-corrected chi connectivity index (χ0v) is 6.97. The van der Waals surface area contributed by atoms with Gasteiger partial charge in [0.1, 0.15) is 0 Å². The molecule has 1 aromatic carbocycles. The number of non-ortho nitro benzene ring substituents is 1. The molecule has 4 nitrogen and oxygen atoms in total. The maximum absolute atomic E-state index is 10.3. The zero-order valence-electron chi connectivity index (χ0n) is 6.97. The van der Waals surface area contributed by atoms with Crippen molar-refractivity contribution in [2.45, 2.75) is 12.5 Å². The molecule has 0 amide bonds. The van der Waals surface area contributed by atoms with Crippen LogP contribution in [0.5, 0.6) is 0 Å². The second-order valence-corrected chi connectivity index (χ2v) is 3.00. The van der Waals surface area contributed by atoms with Crippen LogP contribution in [-0.4, -0.2) is 11.5 Å².